The van der Waals surface area contributed by atoms with Crippen molar-refractivity contribution in [2.24, 2.45) is 5.41 Å². The Balaban J connectivity index is 1.74. The summed E-state index contributed by atoms with van der Waals surface area (Å²) in [5.41, 5.74) is -0.126. The summed E-state index contributed by atoms with van der Waals surface area (Å²) in [6.07, 6.45) is 0.158. The average molecular weight is 428 g/mol. The first kappa shape index (κ1) is 20.4. The zero-order valence-corrected chi connectivity index (χ0v) is 18.0. The molecule has 3 aromatic carbocycles. The highest BCUT2D eigenvalue weighted by atomic mass is 16.7. The molecule has 0 N–H and O–H groups in total. The molecule has 1 saturated heterocycles. The molecule has 2 atom stereocenters. The van der Waals surface area contributed by atoms with Crippen LogP contribution in [0.15, 0.2) is 72.8 Å². The molecule has 32 heavy (non-hydrogen) atoms. The van der Waals surface area contributed by atoms with Gasteiger partial charge in [0.05, 0.1) is 0 Å². The second kappa shape index (κ2) is 7.30. The molecule has 0 bridgehead atoms. The summed E-state index contributed by atoms with van der Waals surface area (Å²) in [7, 11) is 0. The Hall–Kier alpha value is -3.47. The van der Waals surface area contributed by atoms with Gasteiger partial charge in [0.2, 0.25) is 0 Å². The Bertz CT molecular complexity index is 1210. The van der Waals surface area contributed by atoms with Crippen LogP contribution in [0.3, 0.4) is 0 Å². The van der Waals surface area contributed by atoms with Crippen LogP contribution in [-0.2, 0) is 23.9 Å². The monoisotopic (exact) mass is 428 g/mol. The SMILES string of the molecule is CC1(C)OC(=O)C2(C(=O)O1)[C@@H](c1ccccc1)CC(=O)C[C@H]2c1ccc2ccccc2c1. The number of rotatable bonds is 2. The van der Waals surface area contributed by atoms with Crippen molar-refractivity contribution in [2.75, 3.05) is 0 Å². The first-order chi connectivity index (χ1) is 15.3. The van der Waals surface area contributed by atoms with E-state index in [9.17, 15) is 14.4 Å². The number of benzene rings is 3. The number of ether oxygens (including phenoxy) is 2. The quantitative estimate of drug-likeness (QED) is 0.429. The first-order valence-corrected chi connectivity index (χ1v) is 10.8. The second-order valence-electron chi connectivity index (χ2n) is 9.12. The van der Waals surface area contributed by atoms with Crippen LogP contribution in [0.1, 0.15) is 49.7 Å². The van der Waals surface area contributed by atoms with Gasteiger partial charge in [-0.05, 0) is 21.9 Å². The predicted molar refractivity (Wildman–Crippen MR) is 119 cm³/mol. The molecule has 0 unspecified atom stereocenters. The van der Waals surface area contributed by atoms with Crippen molar-refractivity contribution in [3.05, 3.63) is 83.9 Å². The number of carbonyl (C=O) groups is 3. The summed E-state index contributed by atoms with van der Waals surface area (Å²) >= 11 is 0. The summed E-state index contributed by atoms with van der Waals surface area (Å²) in [5.74, 6) is -3.95. The van der Waals surface area contributed by atoms with E-state index < -0.39 is 35.0 Å². The lowest BCUT2D eigenvalue weighted by molar-refractivity contribution is -0.256. The topological polar surface area (TPSA) is 69.7 Å². The van der Waals surface area contributed by atoms with E-state index in [1.807, 2.05) is 72.8 Å². The van der Waals surface area contributed by atoms with Crippen molar-refractivity contribution in [3.8, 4) is 0 Å². The van der Waals surface area contributed by atoms with Crippen LogP contribution in [0.25, 0.3) is 10.8 Å². The Labute approximate surface area is 186 Å². The molecule has 0 aromatic heterocycles. The van der Waals surface area contributed by atoms with Crippen molar-refractivity contribution in [2.45, 2.75) is 44.3 Å². The van der Waals surface area contributed by atoms with Gasteiger partial charge in [-0.2, -0.15) is 0 Å². The number of cyclic esters (lactones) is 2. The first-order valence-electron chi connectivity index (χ1n) is 10.8. The number of esters is 2. The molecule has 1 heterocycles. The van der Waals surface area contributed by atoms with Crippen LogP contribution in [0.5, 0.6) is 0 Å². The summed E-state index contributed by atoms with van der Waals surface area (Å²) in [4.78, 5) is 40.4. The van der Waals surface area contributed by atoms with E-state index in [-0.39, 0.29) is 18.6 Å². The third kappa shape index (κ3) is 3.11. The van der Waals surface area contributed by atoms with Gasteiger partial charge >= 0.3 is 11.9 Å². The summed E-state index contributed by atoms with van der Waals surface area (Å²) in [5, 5.41) is 2.02. The van der Waals surface area contributed by atoms with Crippen molar-refractivity contribution >= 4 is 28.5 Å². The van der Waals surface area contributed by atoms with Gasteiger partial charge in [0.15, 0.2) is 5.41 Å². The third-order valence-electron chi connectivity index (χ3n) is 6.69. The lowest BCUT2D eigenvalue weighted by Crippen LogP contribution is -2.61. The molecular weight excluding hydrogens is 404 g/mol. The molecule has 1 spiro atoms. The molecule has 2 fully saturated rings. The molecule has 0 amide bonds. The van der Waals surface area contributed by atoms with Crippen molar-refractivity contribution in [1.29, 1.82) is 0 Å². The van der Waals surface area contributed by atoms with E-state index >= 15 is 0 Å². The fraction of sp³-hybridized carbons (Fsp3) is 0.296. The second-order valence-corrected chi connectivity index (χ2v) is 9.12. The summed E-state index contributed by atoms with van der Waals surface area (Å²) in [6.45, 7) is 3.10. The molecule has 1 saturated carbocycles. The fourth-order valence-corrected chi connectivity index (χ4v) is 5.26. The van der Waals surface area contributed by atoms with E-state index in [1.54, 1.807) is 13.8 Å². The minimum Gasteiger partial charge on any atom is -0.422 e. The molecule has 5 rings (SSSR count). The number of Topliss-reactive ketones (excluding diaryl/α,β-unsaturated/α-hetero) is 1. The van der Waals surface area contributed by atoms with Gasteiger partial charge in [-0.15, -0.1) is 0 Å². The van der Waals surface area contributed by atoms with Gasteiger partial charge in [-0.1, -0.05) is 72.8 Å². The minimum absolute atomic E-state index is 0.00747. The van der Waals surface area contributed by atoms with Crippen molar-refractivity contribution < 1.29 is 23.9 Å². The minimum atomic E-state index is -1.63. The average Bonchev–Trinajstić information content (AvgIpc) is 2.77. The van der Waals surface area contributed by atoms with Crippen LogP contribution in [0.2, 0.25) is 0 Å². The molecule has 1 aliphatic carbocycles. The van der Waals surface area contributed by atoms with E-state index in [2.05, 4.69) is 0 Å². The van der Waals surface area contributed by atoms with Crippen molar-refractivity contribution in [1.82, 2.24) is 0 Å². The molecule has 0 radical (unpaired) electrons. The number of hydrogen-bond acceptors (Lipinski definition) is 5. The van der Waals surface area contributed by atoms with Crippen molar-refractivity contribution in [3.63, 3.8) is 0 Å². The maximum absolute atomic E-state index is 13.7. The summed E-state index contributed by atoms with van der Waals surface area (Å²) < 4.78 is 11.3. The van der Waals surface area contributed by atoms with Gasteiger partial charge in [0.1, 0.15) is 5.78 Å². The predicted octanol–water partition coefficient (Wildman–Crippen LogP) is 4.89. The lowest BCUT2D eigenvalue weighted by atomic mass is 9.55. The Kier molecular flexibility index (Phi) is 4.66. The zero-order chi connectivity index (χ0) is 22.5. The standard InChI is InChI=1S/C27H24O5/c1-26(2)31-24(29)27(25(30)32-26)22(18-9-4-3-5-10-18)15-21(28)16-23(27)20-13-12-17-8-6-7-11-19(17)14-20/h3-14,22-23H,15-16H2,1-2H3/t22-,23+/m1/s1. The number of ketones is 1. The fourth-order valence-electron chi connectivity index (χ4n) is 5.26. The Morgan fingerprint density at radius 1 is 0.688 bits per heavy atom. The normalized spacial score (nSPS) is 24.2. The smallest absolute Gasteiger partial charge is 0.328 e. The highest BCUT2D eigenvalue weighted by Gasteiger charge is 2.67. The van der Waals surface area contributed by atoms with E-state index in [0.717, 1.165) is 21.9 Å². The highest BCUT2D eigenvalue weighted by Crippen LogP contribution is 2.58. The Morgan fingerprint density at radius 3 is 1.91 bits per heavy atom. The largest absolute Gasteiger partial charge is 0.422 e. The lowest BCUT2D eigenvalue weighted by Gasteiger charge is -2.50. The molecule has 5 nitrogen and oxygen atoms in total. The third-order valence-corrected chi connectivity index (χ3v) is 6.69. The van der Waals surface area contributed by atoms with Gasteiger partial charge < -0.3 is 9.47 Å². The maximum Gasteiger partial charge on any atom is 0.328 e. The molecular formula is C27H24O5. The van der Waals surface area contributed by atoms with E-state index in [0.29, 0.717) is 0 Å². The van der Waals surface area contributed by atoms with Crippen LogP contribution < -0.4 is 0 Å². The molecule has 3 aromatic rings. The van der Waals surface area contributed by atoms with Gasteiger partial charge in [-0.3, -0.25) is 14.4 Å². The van der Waals surface area contributed by atoms with Crippen LogP contribution in [0, 0.1) is 5.41 Å². The Morgan fingerprint density at radius 2 is 1.25 bits per heavy atom. The summed E-state index contributed by atoms with van der Waals surface area (Å²) in [6, 6.07) is 22.9. The van der Waals surface area contributed by atoms with E-state index in [1.165, 1.54) is 0 Å². The van der Waals surface area contributed by atoms with Crippen LogP contribution in [0.4, 0.5) is 0 Å². The number of carbonyl (C=O) groups excluding carboxylic acids is 3. The van der Waals surface area contributed by atoms with E-state index in [4.69, 9.17) is 9.47 Å². The van der Waals surface area contributed by atoms with Gasteiger partial charge in [0, 0.05) is 38.5 Å². The highest BCUT2D eigenvalue weighted by molar-refractivity contribution is 6.06. The molecule has 1 aliphatic heterocycles. The van der Waals surface area contributed by atoms with Crippen LogP contribution in [-0.4, -0.2) is 23.5 Å². The van der Waals surface area contributed by atoms with Crippen LogP contribution >= 0.6 is 0 Å². The molecule has 2 aliphatic rings. The maximum atomic E-state index is 13.7. The molecule has 5 heteroatoms. The number of hydrogen-bond donors (Lipinski definition) is 0. The van der Waals surface area contributed by atoms with Gasteiger partial charge in [-0.25, -0.2) is 0 Å². The number of fused-ring (bicyclic) bond motifs is 1. The molecule has 162 valence electrons. The van der Waals surface area contributed by atoms with Gasteiger partial charge in [0.25, 0.3) is 5.79 Å². The zero-order valence-electron chi connectivity index (χ0n) is 18.0.